The van der Waals surface area contributed by atoms with Crippen molar-refractivity contribution in [2.24, 2.45) is 11.7 Å². The minimum Gasteiger partial charge on any atom is -0.354 e. The summed E-state index contributed by atoms with van der Waals surface area (Å²) >= 11 is 0. The lowest BCUT2D eigenvalue weighted by atomic mass is 10.2. The standard InChI is InChI=1S/C10H17N5O.ClH/c11-9(8-1-2-8)7-12-10(16)3-5-15-6-4-13-14-15;/h4,6,8-9H,1-3,5,7,11H2,(H,12,16);1H. The van der Waals surface area contributed by atoms with E-state index in [-0.39, 0.29) is 24.4 Å². The molecule has 1 atom stereocenters. The van der Waals surface area contributed by atoms with Crippen LogP contribution in [0.5, 0.6) is 0 Å². The quantitative estimate of drug-likeness (QED) is 0.750. The fraction of sp³-hybridized carbons (Fsp3) is 0.700. The van der Waals surface area contributed by atoms with E-state index in [4.69, 9.17) is 5.73 Å². The van der Waals surface area contributed by atoms with Gasteiger partial charge in [0.25, 0.3) is 0 Å². The fourth-order valence-corrected chi connectivity index (χ4v) is 1.58. The van der Waals surface area contributed by atoms with Crippen LogP contribution in [0.2, 0.25) is 0 Å². The molecule has 6 nitrogen and oxygen atoms in total. The highest BCUT2D eigenvalue weighted by Crippen LogP contribution is 2.31. The summed E-state index contributed by atoms with van der Waals surface area (Å²) in [5, 5.41) is 10.3. The monoisotopic (exact) mass is 259 g/mol. The van der Waals surface area contributed by atoms with Crippen LogP contribution in [0.25, 0.3) is 0 Å². The van der Waals surface area contributed by atoms with Crippen molar-refractivity contribution >= 4 is 18.3 Å². The Morgan fingerprint density at radius 1 is 1.59 bits per heavy atom. The van der Waals surface area contributed by atoms with E-state index < -0.39 is 0 Å². The molecular weight excluding hydrogens is 242 g/mol. The molecule has 1 saturated carbocycles. The van der Waals surface area contributed by atoms with Crippen LogP contribution in [-0.4, -0.2) is 33.5 Å². The molecule has 0 spiro atoms. The summed E-state index contributed by atoms with van der Waals surface area (Å²) in [7, 11) is 0. The first-order chi connectivity index (χ1) is 7.75. The predicted molar refractivity (Wildman–Crippen MR) is 65.6 cm³/mol. The number of hydrogen-bond acceptors (Lipinski definition) is 4. The summed E-state index contributed by atoms with van der Waals surface area (Å²) in [5.41, 5.74) is 5.88. The summed E-state index contributed by atoms with van der Waals surface area (Å²) in [6, 6.07) is 0.121. The fourth-order valence-electron chi connectivity index (χ4n) is 1.58. The number of nitrogens with two attached hydrogens (primary N) is 1. The van der Waals surface area contributed by atoms with Crippen LogP contribution in [0.3, 0.4) is 0 Å². The van der Waals surface area contributed by atoms with Gasteiger partial charge in [0.15, 0.2) is 0 Å². The minimum atomic E-state index is 0. The maximum absolute atomic E-state index is 11.5. The van der Waals surface area contributed by atoms with Crippen LogP contribution in [-0.2, 0) is 11.3 Å². The molecule has 1 aromatic rings. The molecule has 17 heavy (non-hydrogen) atoms. The Balaban J connectivity index is 0.00000144. The van der Waals surface area contributed by atoms with E-state index in [1.165, 1.54) is 12.8 Å². The molecular formula is C10H18ClN5O. The second-order valence-corrected chi connectivity index (χ2v) is 4.22. The number of halogens is 1. The van der Waals surface area contributed by atoms with Gasteiger partial charge in [0.2, 0.25) is 5.91 Å². The van der Waals surface area contributed by atoms with Crippen LogP contribution in [0.4, 0.5) is 0 Å². The first kappa shape index (κ1) is 13.9. The van der Waals surface area contributed by atoms with Crippen molar-refractivity contribution in [3.8, 4) is 0 Å². The van der Waals surface area contributed by atoms with E-state index in [2.05, 4.69) is 15.6 Å². The molecule has 1 aliphatic rings. The van der Waals surface area contributed by atoms with Gasteiger partial charge in [0.05, 0.1) is 12.7 Å². The topological polar surface area (TPSA) is 85.8 Å². The highest BCUT2D eigenvalue weighted by atomic mass is 35.5. The van der Waals surface area contributed by atoms with Crippen molar-refractivity contribution in [1.29, 1.82) is 0 Å². The van der Waals surface area contributed by atoms with E-state index in [9.17, 15) is 4.79 Å². The average Bonchev–Trinajstić information content (AvgIpc) is 3.01. The SMILES string of the molecule is Cl.NC(CNC(=O)CCn1ccnn1)C1CC1. The van der Waals surface area contributed by atoms with Gasteiger partial charge in [0, 0.05) is 25.2 Å². The molecule has 1 aromatic heterocycles. The van der Waals surface area contributed by atoms with Crippen LogP contribution in [0, 0.1) is 5.92 Å². The lowest BCUT2D eigenvalue weighted by Gasteiger charge is -2.11. The Labute approximate surface area is 106 Å². The molecule has 1 heterocycles. The van der Waals surface area contributed by atoms with Gasteiger partial charge in [-0.05, 0) is 18.8 Å². The molecule has 2 rings (SSSR count). The summed E-state index contributed by atoms with van der Waals surface area (Å²) < 4.78 is 1.64. The van der Waals surface area contributed by atoms with Crippen molar-refractivity contribution < 1.29 is 4.79 Å². The third-order valence-corrected chi connectivity index (χ3v) is 2.80. The normalized spacial score (nSPS) is 16.1. The number of nitrogens with one attached hydrogen (secondary N) is 1. The van der Waals surface area contributed by atoms with E-state index in [0.717, 1.165) is 0 Å². The first-order valence-corrected chi connectivity index (χ1v) is 5.62. The molecule has 0 aliphatic heterocycles. The van der Waals surface area contributed by atoms with Crippen molar-refractivity contribution in [2.75, 3.05) is 6.54 Å². The number of carbonyl (C=O) groups is 1. The second-order valence-electron chi connectivity index (χ2n) is 4.22. The molecule has 7 heteroatoms. The minimum absolute atomic E-state index is 0. The van der Waals surface area contributed by atoms with E-state index in [0.29, 0.717) is 25.4 Å². The van der Waals surface area contributed by atoms with Crippen LogP contribution < -0.4 is 11.1 Å². The third kappa shape index (κ3) is 4.70. The Hall–Kier alpha value is -1.14. The van der Waals surface area contributed by atoms with Gasteiger partial charge in [-0.3, -0.25) is 9.48 Å². The third-order valence-electron chi connectivity index (χ3n) is 2.80. The molecule has 0 radical (unpaired) electrons. The highest BCUT2D eigenvalue weighted by Gasteiger charge is 2.28. The number of aryl methyl sites for hydroxylation is 1. The second kappa shape index (κ2) is 6.56. The summed E-state index contributed by atoms with van der Waals surface area (Å²) in [6.45, 7) is 1.14. The molecule has 0 saturated heterocycles. The molecule has 3 N–H and O–H groups in total. The Morgan fingerprint density at radius 2 is 2.35 bits per heavy atom. The van der Waals surface area contributed by atoms with Gasteiger partial charge in [-0.2, -0.15) is 0 Å². The number of aromatic nitrogens is 3. The maximum atomic E-state index is 11.5. The number of carbonyl (C=O) groups excluding carboxylic acids is 1. The van der Waals surface area contributed by atoms with E-state index >= 15 is 0 Å². The molecule has 96 valence electrons. The number of rotatable bonds is 6. The van der Waals surface area contributed by atoms with Crippen molar-refractivity contribution in [2.45, 2.75) is 31.8 Å². The van der Waals surface area contributed by atoms with Gasteiger partial charge in [0.1, 0.15) is 0 Å². The Bertz CT molecular complexity index is 338. The molecule has 1 fully saturated rings. The Morgan fingerprint density at radius 3 is 2.94 bits per heavy atom. The van der Waals surface area contributed by atoms with Gasteiger partial charge in [-0.25, -0.2) is 0 Å². The van der Waals surface area contributed by atoms with Gasteiger partial charge < -0.3 is 11.1 Å². The van der Waals surface area contributed by atoms with Crippen molar-refractivity contribution in [1.82, 2.24) is 20.3 Å². The molecule has 0 bridgehead atoms. The van der Waals surface area contributed by atoms with E-state index in [1.54, 1.807) is 17.1 Å². The lowest BCUT2D eigenvalue weighted by Crippen LogP contribution is -2.38. The molecule has 1 aliphatic carbocycles. The van der Waals surface area contributed by atoms with Crippen LogP contribution in [0.15, 0.2) is 12.4 Å². The van der Waals surface area contributed by atoms with E-state index in [1.807, 2.05) is 0 Å². The average molecular weight is 260 g/mol. The summed E-state index contributed by atoms with van der Waals surface area (Å²) in [4.78, 5) is 11.5. The zero-order chi connectivity index (χ0) is 11.4. The van der Waals surface area contributed by atoms with Crippen LogP contribution in [0.1, 0.15) is 19.3 Å². The predicted octanol–water partition coefficient (Wildman–Crippen LogP) is -0.0565. The number of nitrogens with zero attached hydrogens (tertiary/aromatic N) is 3. The zero-order valence-electron chi connectivity index (χ0n) is 9.58. The number of amides is 1. The zero-order valence-corrected chi connectivity index (χ0v) is 10.4. The van der Waals surface area contributed by atoms with Crippen molar-refractivity contribution in [3.63, 3.8) is 0 Å². The van der Waals surface area contributed by atoms with Gasteiger partial charge >= 0.3 is 0 Å². The Kier molecular flexibility index (Phi) is 5.37. The molecule has 1 amide bonds. The largest absolute Gasteiger partial charge is 0.354 e. The molecule has 0 aromatic carbocycles. The summed E-state index contributed by atoms with van der Waals surface area (Å²) in [6.07, 6.45) is 6.16. The molecule has 1 unspecified atom stereocenters. The smallest absolute Gasteiger partial charge is 0.221 e. The lowest BCUT2D eigenvalue weighted by molar-refractivity contribution is -0.121. The maximum Gasteiger partial charge on any atom is 0.221 e. The highest BCUT2D eigenvalue weighted by molar-refractivity contribution is 5.85. The van der Waals surface area contributed by atoms with Crippen LogP contribution >= 0.6 is 12.4 Å². The first-order valence-electron chi connectivity index (χ1n) is 5.62. The van der Waals surface area contributed by atoms with Crippen molar-refractivity contribution in [3.05, 3.63) is 12.4 Å². The summed E-state index contributed by atoms with van der Waals surface area (Å²) in [5.74, 6) is 0.641. The van der Waals surface area contributed by atoms with Gasteiger partial charge in [-0.1, -0.05) is 5.21 Å². The van der Waals surface area contributed by atoms with Gasteiger partial charge in [-0.15, -0.1) is 17.5 Å². The number of hydrogen-bond donors (Lipinski definition) is 2.